The number of rotatable bonds is 4. The molecule has 0 aliphatic heterocycles. The lowest BCUT2D eigenvalue weighted by molar-refractivity contribution is 0.112. The summed E-state index contributed by atoms with van der Waals surface area (Å²) < 4.78 is 18.5. The molecule has 19 heavy (non-hydrogen) atoms. The van der Waals surface area contributed by atoms with Crippen LogP contribution in [0, 0.1) is 12.7 Å². The molecule has 2 aromatic carbocycles. The predicted molar refractivity (Wildman–Crippen MR) is 71.8 cm³/mol. The molecule has 0 aliphatic rings. The van der Waals surface area contributed by atoms with Gasteiger partial charge in [0.15, 0.2) is 0 Å². The van der Waals surface area contributed by atoms with Crippen LogP contribution < -0.4 is 0 Å². The molecular weight excluding hydrogens is 243 g/mol. The highest BCUT2D eigenvalue weighted by molar-refractivity contribution is 5.75. The lowest BCUT2D eigenvalue weighted by Crippen LogP contribution is -2.06. The Labute approximate surface area is 111 Å². The van der Waals surface area contributed by atoms with Crippen LogP contribution in [0.5, 0.6) is 0 Å². The summed E-state index contributed by atoms with van der Waals surface area (Å²) in [6.45, 7) is 1.93. The minimum Gasteiger partial charge on any atom is -0.372 e. The molecule has 2 rings (SSSR count). The molecular formula is C16H15FO2. The molecule has 0 heterocycles. The Morgan fingerprint density at radius 1 is 1.16 bits per heavy atom. The van der Waals surface area contributed by atoms with Gasteiger partial charge in [0.2, 0.25) is 0 Å². The Morgan fingerprint density at radius 2 is 1.84 bits per heavy atom. The van der Waals surface area contributed by atoms with Crippen LogP contribution in [0.4, 0.5) is 4.39 Å². The summed E-state index contributed by atoms with van der Waals surface area (Å²) in [6.07, 6.45) is 0.553. The molecule has 0 amide bonds. The number of ether oxygens (including phenoxy) is 1. The van der Waals surface area contributed by atoms with Gasteiger partial charge in [0.1, 0.15) is 18.2 Å². The van der Waals surface area contributed by atoms with Crippen molar-refractivity contribution in [3.63, 3.8) is 0 Å². The first-order valence-corrected chi connectivity index (χ1v) is 5.99. The molecule has 0 N–H and O–H groups in total. The van der Waals surface area contributed by atoms with Gasteiger partial charge in [-0.2, -0.15) is 0 Å². The molecule has 2 nitrogen and oxygen atoms in total. The fourth-order valence-electron chi connectivity index (χ4n) is 2.15. The number of aryl methyl sites for hydroxylation is 1. The average molecular weight is 258 g/mol. The molecule has 0 aromatic heterocycles. The van der Waals surface area contributed by atoms with E-state index in [4.69, 9.17) is 4.74 Å². The van der Waals surface area contributed by atoms with Crippen LogP contribution in [0.1, 0.15) is 33.2 Å². The lowest BCUT2D eigenvalue weighted by atomic mass is 9.96. The van der Waals surface area contributed by atoms with Gasteiger partial charge in [0, 0.05) is 12.7 Å². The molecule has 98 valence electrons. The van der Waals surface area contributed by atoms with Crippen LogP contribution in [-0.4, -0.2) is 13.4 Å². The second kappa shape index (κ2) is 5.76. The van der Waals surface area contributed by atoms with E-state index >= 15 is 0 Å². The van der Waals surface area contributed by atoms with Crippen molar-refractivity contribution in [3.8, 4) is 0 Å². The molecule has 1 atom stereocenters. The second-order valence-corrected chi connectivity index (χ2v) is 4.40. The zero-order valence-electron chi connectivity index (χ0n) is 10.9. The number of carbonyl (C=O) groups excluding carboxylic acids is 1. The van der Waals surface area contributed by atoms with Gasteiger partial charge in [-0.1, -0.05) is 24.3 Å². The fourth-order valence-corrected chi connectivity index (χ4v) is 2.15. The Balaban J connectivity index is 2.41. The Kier molecular flexibility index (Phi) is 4.07. The molecule has 1 unspecified atom stereocenters. The quantitative estimate of drug-likeness (QED) is 0.782. The summed E-state index contributed by atoms with van der Waals surface area (Å²) in [5, 5.41) is 0. The lowest BCUT2D eigenvalue weighted by Gasteiger charge is -2.18. The Morgan fingerprint density at radius 3 is 2.37 bits per heavy atom. The number of hydrogen-bond donors (Lipinski definition) is 0. The van der Waals surface area contributed by atoms with Crippen molar-refractivity contribution in [2.45, 2.75) is 13.0 Å². The first-order chi connectivity index (χ1) is 9.15. The van der Waals surface area contributed by atoms with Crippen molar-refractivity contribution in [2.75, 3.05) is 7.11 Å². The summed E-state index contributed by atoms with van der Waals surface area (Å²) in [5.41, 5.74) is 3.46. The normalized spacial score (nSPS) is 12.2. The van der Waals surface area contributed by atoms with Crippen molar-refractivity contribution in [2.24, 2.45) is 0 Å². The molecule has 0 fully saturated rings. The maximum atomic E-state index is 13.0. The number of hydrogen-bond acceptors (Lipinski definition) is 2. The van der Waals surface area contributed by atoms with Gasteiger partial charge in [-0.15, -0.1) is 0 Å². The van der Waals surface area contributed by atoms with E-state index in [2.05, 4.69) is 0 Å². The summed E-state index contributed by atoms with van der Waals surface area (Å²) in [6, 6.07) is 11.7. The van der Waals surface area contributed by atoms with Gasteiger partial charge in [-0.25, -0.2) is 4.39 Å². The third-order valence-corrected chi connectivity index (χ3v) is 3.12. The van der Waals surface area contributed by atoms with E-state index in [9.17, 15) is 9.18 Å². The summed E-state index contributed by atoms with van der Waals surface area (Å²) in [7, 11) is 1.61. The number of aldehydes is 1. The largest absolute Gasteiger partial charge is 0.372 e. The smallest absolute Gasteiger partial charge is 0.150 e. The molecule has 3 heteroatoms. The number of halogens is 1. The van der Waals surface area contributed by atoms with Gasteiger partial charge in [-0.05, 0) is 41.8 Å². The fraction of sp³-hybridized carbons (Fsp3) is 0.188. The zero-order valence-corrected chi connectivity index (χ0v) is 10.9. The van der Waals surface area contributed by atoms with E-state index in [1.54, 1.807) is 25.3 Å². The highest BCUT2D eigenvalue weighted by Crippen LogP contribution is 2.28. The highest BCUT2D eigenvalue weighted by Gasteiger charge is 2.15. The van der Waals surface area contributed by atoms with Crippen LogP contribution in [0.3, 0.4) is 0 Å². The molecule has 0 radical (unpaired) electrons. The monoisotopic (exact) mass is 258 g/mol. The van der Waals surface area contributed by atoms with Gasteiger partial charge in [0.25, 0.3) is 0 Å². The number of methoxy groups -OCH3 is 1. The average Bonchev–Trinajstić information content (AvgIpc) is 2.43. The summed E-state index contributed by atoms with van der Waals surface area (Å²) in [4.78, 5) is 10.7. The van der Waals surface area contributed by atoms with Crippen molar-refractivity contribution in [1.82, 2.24) is 0 Å². The van der Waals surface area contributed by atoms with Crippen molar-refractivity contribution < 1.29 is 13.9 Å². The zero-order chi connectivity index (χ0) is 13.8. The maximum Gasteiger partial charge on any atom is 0.150 e. The van der Waals surface area contributed by atoms with E-state index in [1.165, 1.54) is 12.1 Å². The highest BCUT2D eigenvalue weighted by atomic mass is 19.1. The first-order valence-electron chi connectivity index (χ1n) is 5.99. The van der Waals surface area contributed by atoms with E-state index in [0.29, 0.717) is 5.56 Å². The molecule has 0 saturated carbocycles. The van der Waals surface area contributed by atoms with Crippen molar-refractivity contribution in [3.05, 3.63) is 70.5 Å². The number of carbonyl (C=O) groups is 1. The standard InChI is InChI=1S/C16H15FO2/c1-11-9-12(10-18)3-8-15(11)16(19-2)13-4-6-14(17)7-5-13/h3-10,16H,1-2H3. The van der Waals surface area contributed by atoms with Crippen LogP contribution in [-0.2, 0) is 4.74 Å². The third kappa shape index (κ3) is 2.88. The van der Waals surface area contributed by atoms with E-state index < -0.39 is 0 Å². The molecule has 2 aromatic rings. The predicted octanol–water partition coefficient (Wildman–Crippen LogP) is 3.68. The van der Waals surface area contributed by atoms with Gasteiger partial charge in [0.05, 0.1) is 0 Å². The molecule has 0 bridgehead atoms. The van der Waals surface area contributed by atoms with Crippen molar-refractivity contribution in [1.29, 1.82) is 0 Å². The molecule has 0 spiro atoms. The molecule has 0 saturated heterocycles. The van der Waals surface area contributed by atoms with Crippen molar-refractivity contribution >= 4 is 6.29 Å². The first kappa shape index (κ1) is 13.4. The minimum absolute atomic E-state index is 0.263. The van der Waals surface area contributed by atoms with Gasteiger partial charge < -0.3 is 4.74 Å². The van der Waals surface area contributed by atoms with E-state index in [-0.39, 0.29) is 11.9 Å². The summed E-state index contributed by atoms with van der Waals surface area (Å²) >= 11 is 0. The van der Waals surface area contributed by atoms with Crippen LogP contribution in [0.15, 0.2) is 42.5 Å². The van der Waals surface area contributed by atoms with E-state index in [0.717, 1.165) is 23.0 Å². The Bertz CT molecular complexity index is 576. The van der Waals surface area contributed by atoms with Gasteiger partial charge in [-0.3, -0.25) is 4.79 Å². The van der Waals surface area contributed by atoms with Gasteiger partial charge >= 0.3 is 0 Å². The third-order valence-electron chi connectivity index (χ3n) is 3.12. The SMILES string of the molecule is COC(c1ccc(F)cc1)c1ccc(C=O)cc1C. The minimum atomic E-state index is -0.272. The van der Waals surface area contributed by atoms with Crippen LogP contribution in [0.25, 0.3) is 0 Å². The topological polar surface area (TPSA) is 26.3 Å². The maximum absolute atomic E-state index is 13.0. The Hall–Kier alpha value is -2.00. The second-order valence-electron chi connectivity index (χ2n) is 4.40. The van der Waals surface area contributed by atoms with E-state index in [1.807, 2.05) is 19.1 Å². The number of benzene rings is 2. The molecule has 0 aliphatic carbocycles. The summed E-state index contributed by atoms with van der Waals surface area (Å²) in [5.74, 6) is -0.272. The van der Waals surface area contributed by atoms with Crippen LogP contribution >= 0.6 is 0 Å². The van der Waals surface area contributed by atoms with Crippen LogP contribution in [0.2, 0.25) is 0 Å².